The van der Waals surface area contributed by atoms with Gasteiger partial charge in [0.15, 0.2) is 0 Å². The average molecular weight is 344 g/mol. The quantitative estimate of drug-likeness (QED) is 0.195. The van der Waals surface area contributed by atoms with Crippen molar-refractivity contribution in [3.8, 4) is 0 Å². The molecule has 1 saturated heterocycles. The lowest BCUT2D eigenvalue weighted by molar-refractivity contribution is -0.142. The fourth-order valence-corrected chi connectivity index (χ4v) is 2.49. The monoisotopic (exact) mass is 344 g/mol. The van der Waals surface area contributed by atoms with E-state index in [2.05, 4.69) is 21.3 Å². The largest absolute Gasteiger partial charge is 0.480 e. The molecule has 0 aromatic rings. The number of carbonyl (C=O) groups is 3. The first-order chi connectivity index (χ1) is 11.5. The van der Waals surface area contributed by atoms with Crippen molar-refractivity contribution in [3.63, 3.8) is 0 Å². The van der Waals surface area contributed by atoms with E-state index in [0.717, 1.165) is 0 Å². The number of carbonyl (C=O) groups excluding carboxylic acids is 2. The van der Waals surface area contributed by atoms with E-state index >= 15 is 0 Å². The van der Waals surface area contributed by atoms with Crippen molar-refractivity contribution in [3.05, 3.63) is 0 Å². The molecule has 0 spiro atoms. The predicted molar refractivity (Wildman–Crippen MR) is 87.9 cm³/mol. The lowest BCUT2D eigenvalue weighted by atomic mass is 10.0. The van der Waals surface area contributed by atoms with Crippen molar-refractivity contribution >= 4 is 17.8 Å². The molecule has 2 amide bonds. The van der Waals surface area contributed by atoms with E-state index < -0.39 is 29.9 Å². The Bertz CT molecular complexity index is 427. The maximum absolute atomic E-state index is 12.4. The van der Waals surface area contributed by atoms with Gasteiger partial charge in [0.05, 0.1) is 6.54 Å². The molecule has 0 aliphatic carbocycles. The topological polar surface area (TPSA) is 172 Å². The van der Waals surface area contributed by atoms with E-state index in [1.807, 2.05) is 0 Å². The Kier molecular flexibility index (Phi) is 9.23. The Morgan fingerprint density at radius 3 is 2.46 bits per heavy atom. The third-order valence-corrected chi connectivity index (χ3v) is 3.83. The second-order valence-corrected chi connectivity index (χ2v) is 5.78. The number of hydrogen-bond acceptors (Lipinski definition) is 7. The van der Waals surface area contributed by atoms with Crippen LogP contribution in [0.25, 0.3) is 0 Å². The first-order valence-electron chi connectivity index (χ1n) is 8.14. The average Bonchev–Trinajstić information content (AvgIpc) is 3.06. The molecule has 0 bridgehead atoms. The molecule has 1 fully saturated rings. The molecule has 0 aromatic heterocycles. The van der Waals surface area contributed by atoms with Gasteiger partial charge in [-0.25, -0.2) is 4.79 Å². The molecule has 10 nitrogen and oxygen atoms in total. The molecule has 0 aromatic carbocycles. The second kappa shape index (κ2) is 10.9. The van der Waals surface area contributed by atoms with Crippen molar-refractivity contribution in [2.75, 3.05) is 26.3 Å². The molecular formula is C14H28N6O4. The Balaban J connectivity index is 2.65. The Morgan fingerprint density at radius 2 is 1.92 bits per heavy atom. The van der Waals surface area contributed by atoms with Crippen molar-refractivity contribution in [1.82, 2.24) is 21.3 Å². The van der Waals surface area contributed by atoms with Gasteiger partial charge in [-0.05, 0) is 32.2 Å². The Morgan fingerprint density at radius 1 is 1.17 bits per heavy atom. The van der Waals surface area contributed by atoms with Crippen LogP contribution in [0.1, 0.15) is 25.7 Å². The molecule has 1 unspecified atom stereocenters. The smallest absolute Gasteiger partial charge is 0.326 e. The number of hydrogen-bond donors (Lipinski definition) is 7. The molecule has 3 atom stereocenters. The van der Waals surface area contributed by atoms with Crippen LogP contribution >= 0.6 is 0 Å². The van der Waals surface area contributed by atoms with E-state index in [1.165, 1.54) is 0 Å². The first kappa shape index (κ1) is 20.3. The molecular weight excluding hydrogens is 316 g/mol. The fraction of sp³-hybridized carbons (Fsp3) is 0.786. The summed E-state index contributed by atoms with van der Waals surface area (Å²) in [6.45, 7) is 1.52. The summed E-state index contributed by atoms with van der Waals surface area (Å²) < 4.78 is 0. The van der Waals surface area contributed by atoms with E-state index in [9.17, 15) is 19.5 Å². The summed E-state index contributed by atoms with van der Waals surface area (Å²) >= 11 is 0. The number of carboxylic acids is 1. The van der Waals surface area contributed by atoms with Gasteiger partial charge in [-0.3, -0.25) is 9.59 Å². The Labute approximate surface area is 141 Å². The molecule has 10 heteroatoms. The van der Waals surface area contributed by atoms with Crippen LogP contribution in [0.3, 0.4) is 0 Å². The molecule has 0 radical (unpaired) electrons. The number of nitrogens with two attached hydrogens (primary N) is 2. The highest BCUT2D eigenvalue weighted by atomic mass is 16.4. The van der Waals surface area contributed by atoms with Gasteiger partial charge in [0.25, 0.3) is 0 Å². The van der Waals surface area contributed by atoms with Gasteiger partial charge in [-0.1, -0.05) is 0 Å². The van der Waals surface area contributed by atoms with Gasteiger partial charge in [-0.15, -0.1) is 0 Å². The highest BCUT2D eigenvalue weighted by Gasteiger charge is 2.29. The minimum Gasteiger partial charge on any atom is -0.480 e. The van der Waals surface area contributed by atoms with Gasteiger partial charge in [0.2, 0.25) is 11.8 Å². The molecule has 1 rings (SSSR count). The van der Waals surface area contributed by atoms with Crippen LogP contribution in [-0.4, -0.2) is 67.3 Å². The predicted octanol–water partition coefficient (Wildman–Crippen LogP) is -2.96. The molecule has 9 N–H and O–H groups in total. The standard InChI is InChI=1S/C14H28N6O4/c15-4-2-1-3-10(14(23)24)20-13(22)11(19-12(21)6-16)5-9-7-17-8-18-9/h9-11,17-18H,1-8,15-16H2,(H,19,21)(H,20,22)(H,23,24)/t9?,10-,11-/m0/s1. The summed E-state index contributed by atoms with van der Waals surface area (Å²) in [4.78, 5) is 35.3. The van der Waals surface area contributed by atoms with Crippen LogP contribution in [0, 0.1) is 0 Å². The number of nitrogens with one attached hydrogen (secondary N) is 4. The van der Waals surface area contributed by atoms with Crippen LogP contribution in [-0.2, 0) is 14.4 Å². The summed E-state index contributed by atoms with van der Waals surface area (Å²) in [6.07, 6.45) is 1.92. The highest BCUT2D eigenvalue weighted by Crippen LogP contribution is 2.05. The summed E-state index contributed by atoms with van der Waals surface area (Å²) in [5.41, 5.74) is 10.7. The van der Waals surface area contributed by atoms with Crippen molar-refractivity contribution in [2.45, 2.75) is 43.8 Å². The highest BCUT2D eigenvalue weighted by molar-refractivity contribution is 5.90. The van der Waals surface area contributed by atoms with E-state index in [0.29, 0.717) is 45.4 Å². The molecule has 0 saturated carbocycles. The van der Waals surface area contributed by atoms with Crippen LogP contribution in [0.5, 0.6) is 0 Å². The maximum Gasteiger partial charge on any atom is 0.326 e. The normalized spacial score (nSPS) is 19.5. The number of amides is 2. The molecule has 1 aliphatic heterocycles. The number of rotatable bonds is 11. The summed E-state index contributed by atoms with van der Waals surface area (Å²) in [6, 6.07) is -1.83. The molecule has 1 heterocycles. The SMILES string of the molecule is NCCCC[C@H](NC(=O)[C@H](CC1CNCN1)NC(=O)CN)C(=O)O. The molecule has 1 aliphatic rings. The number of aliphatic carboxylic acids is 1. The van der Waals surface area contributed by atoms with Crippen molar-refractivity contribution in [1.29, 1.82) is 0 Å². The minimum absolute atomic E-state index is 0.0133. The van der Waals surface area contributed by atoms with Gasteiger partial charge < -0.3 is 37.8 Å². The minimum atomic E-state index is -1.11. The zero-order valence-electron chi connectivity index (χ0n) is 13.7. The number of carboxylic acid groups (broad SMARTS) is 1. The van der Waals surface area contributed by atoms with E-state index in [1.54, 1.807) is 0 Å². The molecule has 138 valence electrons. The molecule has 24 heavy (non-hydrogen) atoms. The van der Waals surface area contributed by atoms with Crippen LogP contribution in [0.15, 0.2) is 0 Å². The van der Waals surface area contributed by atoms with E-state index in [4.69, 9.17) is 11.5 Å². The van der Waals surface area contributed by atoms with Gasteiger partial charge in [0, 0.05) is 19.3 Å². The lowest BCUT2D eigenvalue weighted by Gasteiger charge is -2.23. The fourth-order valence-electron chi connectivity index (χ4n) is 2.49. The van der Waals surface area contributed by atoms with Gasteiger partial charge in [0.1, 0.15) is 12.1 Å². The van der Waals surface area contributed by atoms with Crippen LogP contribution in [0.2, 0.25) is 0 Å². The van der Waals surface area contributed by atoms with E-state index in [-0.39, 0.29) is 12.6 Å². The third kappa shape index (κ3) is 7.21. The van der Waals surface area contributed by atoms with Gasteiger partial charge >= 0.3 is 5.97 Å². The van der Waals surface area contributed by atoms with Crippen molar-refractivity contribution < 1.29 is 19.5 Å². The maximum atomic E-state index is 12.4. The number of unbranched alkanes of at least 4 members (excludes halogenated alkanes) is 1. The van der Waals surface area contributed by atoms with Crippen LogP contribution in [0.4, 0.5) is 0 Å². The van der Waals surface area contributed by atoms with Crippen molar-refractivity contribution in [2.24, 2.45) is 11.5 Å². The lowest BCUT2D eigenvalue weighted by Crippen LogP contribution is -2.54. The zero-order valence-corrected chi connectivity index (χ0v) is 13.7. The zero-order chi connectivity index (χ0) is 17.9. The summed E-state index contributed by atoms with van der Waals surface area (Å²) in [5.74, 6) is -2.09. The summed E-state index contributed by atoms with van der Waals surface area (Å²) in [7, 11) is 0. The summed E-state index contributed by atoms with van der Waals surface area (Å²) in [5, 5.41) is 20.5. The first-order valence-corrected chi connectivity index (χ1v) is 8.14. The van der Waals surface area contributed by atoms with Crippen LogP contribution < -0.4 is 32.7 Å². The Hall–Kier alpha value is -1.75. The second-order valence-electron chi connectivity index (χ2n) is 5.78. The van der Waals surface area contributed by atoms with Gasteiger partial charge in [-0.2, -0.15) is 0 Å². The third-order valence-electron chi connectivity index (χ3n) is 3.83.